The highest BCUT2D eigenvalue weighted by Crippen LogP contribution is 2.32. The topological polar surface area (TPSA) is 99.0 Å². The second-order valence-electron chi connectivity index (χ2n) is 5.14. The molecule has 0 radical (unpaired) electrons. The van der Waals surface area contributed by atoms with Gasteiger partial charge in [0.1, 0.15) is 6.61 Å². The first-order valence-corrected chi connectivity index (χ1v) is 7.53. The minimum Gasteiger partial charge on any atom is -0.469 e. The van der Waals surface area contributed by atoms with E-state index >= 15 is 0 Å². The maximum absolute atomic E-state index is 12.5. The summed E-state index contributed by atoms with van der Waals surface area (Å²) in [7, 11) is 1.26. The number of hydrogen-bond donors (Lipinski definition) is 0. The van der Waals surface area contributed by atoms with Crippen LogP contribution in [0.5, 0.6) is 0 Å². The molecule has 0 saturated heterocycles. The van der Waals surface area contributed by atoms with Crippen molar-refractivity contribution in [3.05, 3.63) is 33.4 Å². The largest absolute Gasteiger partial charge is 0.469 e. The lowest BCUT2D eigenvalue weighted by atomic mass is 10.1. The number of esters is 1. The molecule has 0 fully saturated rings. The monoisotopic (exact) mass is 338 g/mol. The van der Waals surface area contributed by atoms with E-state index in [1.54, 1.807) is 26.8 Å². The molecule has 0 heterocycles. The Hall–Kier alpha value is -2.48. The summed E-state index contributed by atoms with van der Waals surface area (Å²) in [6, 6.07) is 2.99. The third-order valence-electron chi connectivity index (χ3n) is 3.57. The van der Waals surface area contributed by atoms with Crippen molar-refractivity contribution in [1.82, 2.24) is 0 Å². The Bertz CT molecular complexity index is 629. The molecule has 0 aromatic heterocycles. The number of carbonyl (C=O) groups is 2. The fraction of sp³-hybridized carbons (Fsp3) is 0.500. The van der Waals surface area contributed by atoms with E-state index in [1.807, 2.05) is 0 Å². The number of aryl methyl sites for hydroxylation is 1. The van der Waals surface area contributed by atoms with Gasteiger partial charge in [-0.05, 0) is 26.3 Å². The Morgan fingerprint density at radius 2 is 1.96 bits per heavy atom. The van der Waals surface area contributed by atoms with Crippen LogP contribution in [0.15, 0.2) is 12.1 Å². The van der Waals surface area contributed by atoms with Crippen LogP contribution in [0.2, 0.25) is 0 Å². The van der Waals surface area contributed by atoms with Crippen LogP contribution in [0.3, 0.4) is 0 Å². The molecule has 8 nitrogen and oxygen atoms in total. The Kier molecular flexibility index (Phi) is 7.31. The summed E-state index contributed by atoms with van der Waals surface area (Å²) in [6.45, 7) is 5.35. The summed E-state index contributed by atoms with van der Waals surface area (Å²) in [4.78, 5) is 35.9. The van der Waals surface area contributed by atoms with E-state index in [4.69, 9.17) is 4.74 Å². The predicted molar refractivity (Wildman–Crippen MR) is 88.0 cm³/mol. The number of anilines is 1. The number of hydrogen-bond acceptors (Lipinski definition) is 6. The van der Waals surface area contributed by atoms with Gasteiger partial charge in [-0.2, -0.15) is 0 Å². The zero-order valence-corrected chi connectivity index (χ0v) is 14.3. The van der Waals surface area contributed by atoms with Gasteiger partial charge in [0.2, 0.25) is 0 Å². The van der Waals surface area contributed by atoms with Gasteiger partial charge < -0.3 is 14.4 Å². The van der Waals surface area contributed by atoms with Crippen molar-refractivity contribution < 1.29 is 24.0 Å². The number of amides is 1. The van der Waals surface area contributed by atoms with Crippen molar-refractivity contribution in [3.63, 3.8) is 0 Å². The van der Waals surface area contributed by atoms with E-state index < -0.39 is 10.9 Å². The summed E-state index contributed by atoms with van der Waals surface area (Å²) in [5.74, 6) is -0.836. The summed E-state index contributed by atoms with van der Waals surface area (Å²) in [5, 5.41) is 11.2. The van der Waals surface area contributed by atoms with E-state index in [0.717, 1.165) is 0 Å². The second-order valence-corrected chi connectivity index (χ2v) is 5.14. The lowest BCUT2D eigenvalue weighted by Gasteiger charge is -2.25. The summed E-state index contributed by atoms with van der Waals surface area (Å²) in [5.41, 5.74) is 1.42. The van der Waals surface area contributed by atoms with Gasteiger partial charge in [-0.15, -0.1) is 0 Å². The van der Waals surface area contributed by atoms with Crippen LogP contribution in [-0.2, 0) is 19.1 Å². The number of carbonyl (C=O) groups excluding carboxylic acids is 2. The van der Waals surface area contributed by atoms with Gasteiger partial charge in [0.15, 0.2) is 0 Å². The van der Waals surface area contributed by atoms with Gasteiger partial charge in [-0.1, -0.05) is 6.07 Å². The van der Waals surface area contributed by atoms with Gasteiger partial charge in [0.05, 0.1) is 29.7 Å². The molecule has 132 valence electrons. The van der Waals surface area contributed by atoms with Crippen molar-refractivity contribution >= 4 is 23.3 Å². The van der Waals surface area contributed by atoms with Crippen LogP contribution in [-0.4, -0.2) is 43.7 Å². The van der Waals surface area contributed by atoms with Crippen molar-refractivity contribution in [2.45, 2.75) is 27.2 Å². The van der Waals surface area contributed by atoms with Gasteiger partial charge in [0, 0.05) is 19.2 Å². The maximum atomic E-state index is 12.5. The van der Waals surface area contributed by atoms with E-state index in [9.17, 15) is 19.7 Å². The first-order chi connectivity index (χ1) is 11.3. The third-order valence-corrected chi connectivity index (χ3v) is 3.57. The molecule has 0 atom stereocenters. The van der Waals surface area contributed by atoms with Crippen molar-refractivity contribution in [2.75, 3.05) is 31.8 Å². The Labute approximate surface area is 140 Å². The molecule has 24 heavy (non-hydrogen) atoms. The molecule has 0 N–H and O–H groups in total. The minimum atomic E-state index is -0.496. The van der Waals surface area contributed by atoms with Crippen LogP contribution in [0.25, 0.3) is 0 Å². The number of rotatable bonds is 8. The average Bonchev–Trinajstić information content (AvgIpc) is 2.54. The van der Waals surface area contributed by atoms with Gasteiger partial charge >= 0.3 is 5.97 Å². The first kappa shape index (κ1) is 19.6. The molecular weight excluding hydrogens is 316 g/mol. The Morgan fingerprint density at radius 3 is 2.50 bits per heavy atom. The maximum Gasteiger partial charge on any atom is 0.307 e. The molecule has 1 aromatic carbocycles. The van der Waals surface area contributed by atoms with Crippen molar-refractivity contribution in [1.29, 1.82) is 0 Å². The summed E-state index contributed by atoms with van der Waals surface area (Å²) in [6.07, 6.45) is -0.0179. The average molecular weight is 338 g/mol. The molecule has 0 aliphatic carbocycles. The molecule has 8 heteroatoms. The van der Waals surface area contributed by atoms with Crippen LogP contribution >= 0.6 is 0 Å². The Morgan fingerprint density at radius 1 is 1.29 bits per heavy atom. The molecule has 0 aliphatic rings. The SMILES string of the molecule is CCOCC(=O)N(CCC(=O)OC)c1c(C)ccc([N+](=O)[O-])c1C. The number of ether oxygens (including phenoxy) is 2. The highest BCUT2D eigenvalue weighted by molar-refractivity contribution is 5.97. The molecular formula is C16H22N2O6. The molecule has 0 saturated carbocycles. The first-order valence-electron chi connectivity index (χ1n) is 7.53. The van der Waals surface area contributed by atoms with E-state index in [-0.39, 0.29) is 31.2 Å². The standard InChI is InChI=1S/C16H22N2O6/c1-5-24-10-14(19)17(9-8-15(20)23-4)16-11(2)6-7-13(12(16)3)18(21)22/h6-7H,5,8-10H2,1-4H3. The number of nitrogens with zero attached hydrogens (tertiary/aromatic N) is 2. The summed E-state index contributed by atoms with van der Waals surface area (Å²) >= 11 is 0. The zero-order valence-electron chi connectivity index (χ0n) is 14.3. The van der Waals surface area contributed by atoms with Crippen molar-refractivity contribution in [3.8, 4) is 0 Å². The minimum absolute atomic E-state index is 0.0179. The van der Waals surface area contributed by atoms with Gasteiger partial charge in [-0.3, -0.25) is 19.7 Å². The molecule has 1 aromatic rings. The lowest BCUT2D eigenvalue weighted by Crippen LogP contribution is -2.37. The fourth-order valence-corrected chi connectivity index (χ4v) is 2.37. The van der Waals surface area contributed by atoms with E-state index in [0.29, 0.717) is 23.4 Å². The zero-order chi connectivity index (χ0) is 18.3. The van der Waals surface area contributed by atoms with E-state index in [2.05, 4.69) is 4.74 Å². The fourth-order valence-electron chi connectivity index (χ4n) is 2.37. The van der Waals surface area contributed by atoms with Crippen LogP contribution in [0.1, 0.15) is 24.5 Å². The summed E-state index contributed by atoms with van der Waals surface area (Å²) < 4.78 is 9.75. The number of benzene rings is 1. The van der Waals surface area contributed by atoms with E-state index in [1.165, 1.54) is 18.1 Å². The third kappa shape index (κ3) is 4.76. The van der Waals surface area contributed by atoms with Crippen LogP contribution < -0.4 is 4.90 Å². The van der Waals surface area contributed by atoms with Crippen LogP contribution in [0, 0.1) is 24.0 Å². The molecule has 0 bridgehead atoms. The molecule has 1 amide bonds. The van der Waals surface area contributed by atoms with Crippen LogP contribution in [0.4, 0.5) is 11.4 Å². The normalized spacial score (nSPS) is 10.3. The molecule has 1 rings (SSSR count). The molecule has 0 aliphatic heterocycles. The van der Waals surface area contributed by atoms with Crippen molar-refractivity contribution in [2.24, 2.45) is 0 Å². The lowest BCUT2D eigenvalue weighted by molar-refractivity contribution is -0.385. The van der Waals surface area contributed by atoms with Gasteiger partial charge in [0.25, 0.3) is 11.6 Å². The molecule has 0 unspecified atom stereocenters. The molecule has 0 spiro atoms. The van der Waals surface area contributed by atoms with Gasteiger partial charge in [-0.25, -0.2) is 0 Å². The highest BCUT2D eigenvalue weighted by atomic mass is 16.6. The smallest absolute Gasteiger partial charge is 0.307 e. The quantitative estimate of drug-likeness (QED) is 0.409. The number of nitro benzene ring substituents is 1. The Balaban J connectivity index is 3.27. The number of nitro groups is 1. The second kappa shape index (κ2) is 8.97. The number of methoxy groups -OCH3 is 1. The predicted octanol–water partition coefficient (Wildman–Crippen LogP) is 2.14. The highest BCUT2D eigenvalue weighted by Gasteiger charge is 2.25.